The van der Waals surface area contributed by atoms with Crippen LogP contribution in [-0.4, -0.2) is 53.7 Å². The van der Waals surface area contributed by atoms with Gasteiger partial charge in [0.1, 0.15) is 0 Å². The average molecular weight is 526 g/mol. The van der Waals surface area contributed by atoms with Crippen molar-refractivity contribution in [1.29, 1.82) is 0 Å². The number of hydrogen-bond donors (Lipinski definition) is 2. The number of amides is 2. The molecule has 2 N–H and O–H groups in total. The first-order chi connectivity index (χ1) is 18.6. The first-order valence-electron chi connectivity index (χ1n) is 12.5. The first kappa shape index (κ1) is 29.1. The predicted octanol–water partition coefficient (Wildman–Crippen LogP) is 2.93. The molecule has 3 aromatic rings. The second-order valence-corrected chi connectivity index (χ2v) is 9.91. The molecule has 2 atom stereocenters. The van der Waals surface area contributed by atoms with E-state index in [9.17, 15) is 19.1 Å². The number of carbonyl (C=O) groups is 3. The number of ether oxygens (including phenoxy) is 1. The molecule has 0 radical (unpaired) electrons. The summed E-state index contributed by atoms with van der Waals surface area (Å²) < 4.78 is 16.3. The van der Waals surface area contributed by atoms with E-state index in [2.05, 4.69) is 20.6 Å². The molecule has 2 amide bonds. The van der Waals surface area contributed by atoms with Crippen LogP contribution in [0.25, 0.3) is 0 Å². The normalized spacial score (nSPS) is 12.7. The van der Waals surface area contributed by atoms with Crippen LogP contribution in [0.5, 0.6) is 5.75 Å². The molecule has 200 valence electrons. The summed E-state index contributed by atoms with van der Waals surface area (Å²) in [6.07, 6.45) is 4.65. The maximum atomic E-state index is 13.2. The second-order valence-electron chi connectivity index (χ2n) is 9.91. The van der Waals surface area contributed by atoms with Gasteiger partial charge in [0.2, 0.25) is 0 Å². The Bertz CT molecular complexity index is 1290. The Balaban J connectivity index is 1.75. The van der Waals surface area contributed by atoms with Gasteiger partial charge in [-0.1, -0.05) is 18.2 Å². The molecule has 0 unspecified atom stereocenters. The molecule has 1 heterocycles. The number of benzene rings is 2. The van der Waals surface area contributed by atoms with Gasteiger partial charge in [0, 0.05) is 0 Å². The Kier molecular flexibility index (Phi) is 10.4. The van der Waals surface area contributed by atoms with E-state index in [4.69, 9.17) is 4.74 Å². The van der Waals surface area contributed by atoms with E-state index in [1.807, 2.05) is 26.8 Å². The fourth-order valence-electron chi connectivity index (χ4n) is 3.70. The van der Waals surface area contributed by atoms with Crippen molar-refractivity contribution in [3.63, 3.8) is 0 Å². The van der Waals surface area contributed by atoms with Crippen molar-refractivity contribution in [3.05, 3.63) is 95.8 Å². The van der Waals surface area contributed by atoms with Crippen molar-refractivity contribution in [2.24, 2.45) is 4.99 Å². The van der Waals surface area contributed by atoms with Gasteiger partial charge in [-0.2, -0.15) is 0 Å². The Morgan fingerprint density at radius 3 is 2.18 bits per heavy atom. The molecule has 1 aromatic heterocycles. The van der Waals surface area contributed by atoms with E-state index in [-0.39, 0.29) is 18.7 Å². The molecule has 2 aromatic carbocycles. The summed E-state index contributed by atoms with van der Waals surface area (Å²) in [6, 6.07) is 17.1. The Labute approximate surface area is 228 Å². The van der Waals surface area contributed by atoms with Gasteiger partial charge in [0.15, 0.2) is 0 Å². The molecule has 0 saturated carbocycles. The summed E-state index contributed by atoms with van der Waals surface area (Å²) in [5.41, 5.74) is 1.46. The second kappa shape index (κ2) is 13.9. The van der Waals surface area contributed by atoms with Gasteiger partial charge in [-0.15, -0.1) is 0 Å². The number of hydrogen-bond acceptors (Lipinski definition) is 7. The van der Waals surface area contributed by atoms with Gasteiger partial charge in [-0.25, -0.2) is 4.79 Å². The zero-order chi connectivity index (χ0) is 28.3. The molecule has 0 saturated heterocycles. The van der Waals surface area contributed by atoms with Crippen molar-refractivity contribution in [3.8, 4) is 5.75 Å². The number of nitrogens with one attached hydrogen (secondary N) is 2. The summed E-state index contributed by atoms with van der Waals surface area (Å²) in [5.74, 6) is -0.980. The van der Waals surface area contributed by atoms with E-state index in [0.29, 0.717) is 18.5 Å². The van der Waals surface area contributed by atoms with Gasteiger partial charge < -0.3 is 0 Å². The van der Waals surface area contributed by atoms with Crippen molar-refractivity contribution in [2.75, 3.05) is 0 Å². The van der Waals surface area contributed by atoms with Crippen molar-refractivity contribution in [2.45, 2.75) is 51.2 Å². The molecule has 9 nitrogen and oxygen atoms in total. The van der Waals surface area contributed by atoms with E-state index < -0.39 is 29.5 Å². The molecule has 0 aliphatic heterocycles. The SMILES string of the molecule is CC(C)(C)NC(=O)[C@H](Cc1ccc(OC(=O)c2ccccc2)cc1)NC(=O)[C@H](Cc1ccncc1)N=CB=O. The van der Waals surface area contributed by atoms with Gasteiger partial charge in [0.05, 0.1) is 5.56 Å². The van der Waals surface area contributed by atoms with Crippen LogP contribution in [0, 0.1) is 0 Å². The third-order valence-electron chi connectivity index (χ3n) is 5.52. The Hall–Kier alpha value is -4.47. The average Bonchev–Trinajstić information content (AvgIpc) is 2.91. The van der Waals surface area contributed by atoms with Crippen molar-refractivity contribution < 1.29 is 23.8 Å². The monoisotopic (exact) mass is 526 g/mol. The third kappa shape index (κ3) is 9.73. The van der Waals surface area contributed by atoms with Crippen LogP contribution in [0.3, 0.4) is 0 Å². The van der Waals surface area contributed by atoms with Gasteiger partial charge in [-0.05, 0) is 12.1 Å². The number of esters is 1. The maximum absolute atomic E-state index is 13.2. The number of carbonyl (C=O) groups excluding carboxylic acids is 3. The number of aromatic nitrogens is 1. The molecule has 0 bridgehead atoms. The third-order valence-corrected chi connectivity index (χ3v) is 5.52. The molecular weight excluding hydrogens is 495 g/mol. The van der Waals surface area contributed by atoms with E-state index in [1.54, 1.807) is 73.1 Å². The number of aliphatic imine (C=N–C) groups is 1. The minimum absolute atomic E-state index is 0.180. The van der Waals surface area contributed by atoms with Gasteiger partial charge in [0.25, 0.3) is 0 Å². The quantitative estimate of drug-likeness (QED) is 0.171. The molecule has 0 aliphatic rings. The van der Waals surface area contributed by atoms with Gasteiger partial charge in [-0.3, -0.25) is 0 Å². The van der Waals surface area contributed by atoms with E-state index in [1.165, 1.54) is 0 Å². The van der Waals surface area contributed by atoms with Crippen LogP contribution in [0.2, 0.25) is 0 Å². The molecule has 3 rings (SSSR count). The Morgan fingerprint density at radius 2 is 1.56 bits per heavy atom. The first-order valence-corrected chi connectivity index (χ1v) is 12.5. The standard InChI is InChI=1S/C29H31BN4O5/c1-29(2,3)34-27(36)25(33-26(35)24(32-19-30-38)17-21-13-15-31-16-14-21)18-20-9-11-23(12-10-20)39-28(37)22-7-5-4-6-8-22/h4-16,19,24-25H,17-18H2,1-3H3,(H,33,35)(H,34,36)/t24-,25-/m0/s1. The van der Waals surface area contributed by atoms with Crippen LogP contribution in [0.4, 0.5) is 0 Å². The van der Waals surface area contributed by atoms with E-state index >= 15 is 0 Å². The molecule has 10 heteroatoms. The zero-order valence-electron chi connectivity index (χ0n) is 22.2. The summed E-state index contributed by atoms with van der Waals surface area (Å²) in [7, 11) is 0.503. The fourth-order valence-corrected chi connectivity index (χ4v) is 3.70. The zero-order valence-corrected chi connectivity index (χ0v) is 22.2. The number of pyridine rings is 1. The van der Waals surface area contributed by atoms with E-state index in [0.717, 1.165) is 17.2 Å². The summed E-state index contributed by atoms with van der Waals surface area (Å²) in [5, 5.41) is 5.71. The molecular formula is C29H31BN4O5. The summed E-state index contributed by atoms with van der Waals surface area (Å²) in [6.45, 7) is 5.54. The number of nitrogens with zero attached hydrogens (tertiary/aromatic N) is 2. The van der Waals surface area contributed by atoms with Gasteiger partial charge >= 0.3 is 188 Å². The topological polar surface area (TPSA) is 127 Å². The number of rotatable bonds is 11. The molecule has 39 heavy (non-hydrogen) atoms. The van der Waals surface area contributed by atoms with Crippen LogP contribution in [-0.2, 0) is 27.1 Å². The van der Waals surface area contributed by atoms with Crippen LogP contribution in [0.15, 0.2) is 84.1 Å². The van der Waals surface area contributed by atoms with Crippen molar-refractivity contribution in [1.82, 2.24) is 15.6 Å². The van der Waals surface area contributed by atoms with Crippen molar-refractivity contribution >= 4 is 31.0 Å². The molecule has 0 aliphatic carbocycles. The molecule has 0 fully saturated rings. The van der Waals surface area contributed by atoms with Crippen LogP contribution >= 0.6 is 0 Å². The molecule has 0 spiro atoms. The Morgan fingerprint density at radius 1 is 0.923 bits per heavy atom. The predicted molar refractivity (Wildman–Crippen MR) is 148 cm³/mol. The minimum atomic E-state index is -0.916. The van der Waals surface area contributed by atoms with Crippen LogP contribution < -0.4 is 15.4 Å². The summed E-state index contributed by atoms with van der Waals surface area (Å²) in [4.78, 5) is 46.8. The summed E-state index contributed by atoms with van der Waals surface area (Å²) >= 11 is 0. The van der Waals surface area contributed by atoms with Crippen LogP contribution in [0.1, 0.15) is 42.3 Å². The fraction of sp³-hybridized carbons (Fsp3) is 0.276.